The molecule has 2 aromatic carbocycles. The van der Waals surface area contributed by atoms with E-state index in [-0.39, 0.29) is 11.5 Å². The van der Waals surface area contributed by atoms with Gasteiger partial charge in [0.15, 0.2) is 0 Å². The molecule has 38 heavy (non-hydrogen) atoms. The normalized spacial score (nSPS) is 14.8. The van der Waals surface area contributed by atoms with Gasteiger partial charge in [-0.25, -0.2) is 4.79 Å². The van der Waals surface area contributed by atoms with Crippen LogP contribution >= 0.6 is 11.6 Å². The molecule has 3 aromatic rings. The highest BCUT2D eigenvalue weighted by atomic mass is 35.5. The van der Waals surface area contributed by atoms with E-state index in [0.717, 1.165) is 32.4 Å². The SMILES string of the molecule is O=C(C=Cc1cc(Cl)ccc1-n1cnnn1)N[C@@H](CCC1CCNCC1)C(=O)Nc1ccc(C(=O)O)cc1. The number of halogens is 1. The number of carbonyl (C=O) groups excluding carboxylic acids is 2. The van der Waals surface area contributed by atoms with Crippen LogP contribution < -0.4 is 16.0 Å². The molecule has 12 heteroatoms. The predicted molar refractivity (Wildman–Crippen MR) is 142 cm³/mol. The zero-order chi connectivity index (χ0) is 26.9. The minimum atomic E-state index is -1.05. The second-order valence-electron chi connectivity index (χ2n) is 8.99. The molecule has 198 valence electrons. The lowest BCUT2D eigenvalue weighted by atomic mass is 9.91. The van der Waals surface area contributed by atoms with Crippen LogP contribution in [0.15, 0.2) is 54.9 Å². The Morgan fingerprint density at radius 2 is 1.92 bits per heavy atom. The van der Waals surface area contributed by atoms with Crippen LogP contribution in [0.1, 0.15) is 41.6 Å². The molecule has 0 aliphatic carbocycles. The third kappa shape index (κ3) is 7.46. The largest absolute Gasteiger partial charge is 0.478 e. The van der Waals surface area contributed by atoms with E-state index in [4.69, 9.17) is 16.7 Å². The summed E-state index contributed by atoms with van der Waals surface area (Å²) < 4.78 is 1.46. The maximum atomic E-state index is 13.1. The third-order valence-corrected chi connectivity index (χ3v) is 6.59. The molecule has 1 aliphatic heterocycles. The minimum absolute atomic E-state index is 0.117. The number of piperidine rings is 1. The van der Waals surface area contributed by atoms with E-state index in [2.05, 4.69) is 31.5 Å². The molecule has 1 aromatic heterocycles. The van der Waals surface area contributed by atoms with Gasteiger partial charge in [-0.15, -0.1) is 5.10 Å². The van der Waals surface area contributed by atoms with Crippen molar-refractivity contribution < 1.29 is 19.5 Å². The van der Waals surface area contributed by atoms with Gasteiger partial charge < -0.3 is 21.1 Å². The van der Waals surface area contributed by atoms with Gasteiger partial charge in [0.1, 0.15) is 12.4 Å². The molecule has 0 bridgehead atoms. The van der Waals surface area contributed by atoms with E-state index < -0.39 is 17.9 Å². The van der Waals surface area contributed by atoms with Gasteiger partial charge in [-0.2, -0.15) is 4.68 Å². The standard InChI is InChI=1S/C26H28ClN7O4/c27-20-5-9-23(34-16-29-32-33-34)19(15-20)4-10-24(35)31-22(8-1-17-11-13-28-14-12-17)25(36)30-21-6-2-18(3-7-21)26(37)38/h2-7,9-10,15-17,22,28H,1,8,11-14H2,(H,30,36)(H,31,35)(H,37,38)/t22-/m0/s1. The van der Waals surface area contributed by atoms with E-state index in [1.54, 1.807) is 24.3 Å². The minimum Gasteiger partial charge on any atom is -0.478 e. The lowest BCUT2D eigenvalue weighted by Gasteiger charge is -2.25. The van der Waals surface area contributed by atoms with E-state index in [9.17, 15) is 14.4 Å². The van der Waals surface area contributed by atoms with Crippen molar-refractivity contribution in [3.63, 3.8) is 0 Å². The van der Waals surface area contributed by atoms with Gasteiger partial charge in [-0.1, -0.05) is 11.6 Å². The Bertz CT molecular complexity index is 1290. The molecule has 0 radical (unpaired) electrons. The third-order valence-electron chi connectivity index (χ3n) is 6.35. The van der Waals surface area contributed by atoms with Crippen LogP contribution in [-0.2, 0) is 9.59 Å². The van der Waals surface area contributed by atoms with Crippen LogP contribution in [0.5, 0.6) is 0 Å². The number of tetrazole rings is 1. The van der Waals surface area contributed by atoms with Crippen LogP contribution in [0.3, 0.4) is 0 Å². The zero-order valence-corrected chi connectivity index (χ0v) is 21.3. The monoisotopic (exact) mass is 537 g/mol. The summed E-state index contributed by atoms with van der Waals surface area (Å²) in [5.74, 6) is -1.40. The number of carbonyl (C=O) groups is 3. The van der Waals surface area contributed by atoms with Crippen LogP contribution in [0.2, 0.25) is 5.02 Å². The van der Waals surface area contributed by atoms with Crippen molar-refractivity contribution in [3.05, 3.63) is 71.0 Å². The summed E-state index contributed by atoms with van der Waals surface area (Å²) in [5.41, 5.74) is 1.82. The molecule has 2 amide bonds. The van der Waals surface area contributed by atoms with Gasteiger partial charge in [-0.3, -0.25) is 9.59 Å². The fourth-order valence-electron chi connectivity index (χ4n) is 4.29. The first-order chi connectivity index (χ1) is 18.4. The number of rotatable bonds is 10. The average molecular weight is 538 g/mol. The molecule has 0 spiro atoms. The number of nitrogens with zero attached hydrogens (tertiary/aromatic N) is 4. The summed E-state index contributed by atoms with van der Waals surface area (Å²) >= 11 is 6.15. The number of benzene rings is 2. The summed E-state index contributed by atoms with van der Waals surface area (Å²) in [6, 6.07) is 10.2. The molecule has 11 nitrogen and oxygen atoms in total. The van der Waals surface area contributed by atoms with Crippen molar-refractivity contribution in [2.75, 3.05) is 18.4 Å². The van der Waals surface area contributed by atoms with Crippen molar-refractivity contribution in [1.82, 2.24) is 30.8 Å². The summed E-state index contributed by atoms with van der Waals surface area (Å²) in [6.07, 6.45) is 7.66. The van der Waals surface area contributed by atoms with Gasteiger partial charge in [0.25, 0.3) is 0 Å². The van der Waals surface area contributed by atoms with Gasteiger partial charge in [0, 0.05) is 22.3 Å². The molecule has 1 fully saturated rings. The van der Waals surface area contributed by atoms with Crippen molar-refractivity contribution in [3.8, 4) is 5.69 Å². The quantitative estimate of drug-likeness (QED) is 0.288. The first-order valence-corrected chi connectivity index (χ1v) is 12.6. The zero-order valence-electron chi connectivity index (χ0n) is 20.5. The number of nitrogens with one attached hydrogen (secondary N) is 3. The van der Waals surface area contributed by atoms with Crippen LogP contribution in [0, 0.1) is 5.92 Å². The summed E-state index contributed by atoms with van der Waals surface area (Å²) in [5, 5.41) is 29.7. The van der Waals surface area contributed by atoms with Crippen LogP contribution in [0.4, 0.5) is 5.69 Å². The average Bonchev–Trinajstić information content (AvgIpc) is 3.45. The number of hydrogen-bond acceptors (Lipinski definition) is 7. The fourth-order valence-corrected chi connectivity index (χ4v) is 4.47. The van der Waals surface area contributed by atoms with Crippen molar-refractivity contribution in [2.45, 2.75) is 31.7 Å². The topological polar surface area (TPSA) is 151 Å². The number of carboxylic acids is 1. The molecule has 1 saturated heterocycles. The van der Waals surface area contributed by atoms with Gasteiger partial charge >= 0.3 is 5.97 Å². The highest BCUT2D eigenvalue weighted by molar-refractivity contribution is 6.30. The maximum absolute atomic E-state index is 13.1. The summed E-state index contributed by atoms with van der Waals surface area (Å²) in [4.78, 5) is 37.2. The van der Waals surface area contributed by atoms with Crippen molar-refractivity contribution in [2.24, 2.45) is 5.92 Å². The maximum Gasteiger partial charge on any atom is 0.335 e. The fraction of sp³-hybridized carbons (Fsp3) is 0.308. The van der Waals surface area contributed by atoms with E-state index >= 15 is 0 Å². The number of hydrogen-bond donors (Lipinski definition) is 4. The Morgan fingerprint density at radius 3 is 2.61 bits per heavy atom. The van der Waals surface area contributed by atoms with Crippen LogP contribution in [0.25, 0.3) is 11.8 Å². The highest BCUT2D eigenvalue weighted by Gasteiger charge is 2.23. The van der Waals surface area contributed by atoms with Gasteiger partial charge in [-0.05, 0) is 104 Å². The Morgan fingerprint density at radius 1 is 1.16 bits per heavy atom. The van der Waals surface area contributed by atoms with E-state index in [0.29, 0.717) is 34.3 Å². The Hall–Kier alpha value is -4.09. The Labute approximate surface area is 224 Å². The summed E-state index contributed by atoms with van der Waals surface area (Å²) in [6.45, 7) is 1.88. The second kappa shape index (κ2) is 12.9. The lowest BCUT2D eigenvalue weighted by molar-refractivity contribution is -0.124. The number of aromatic nitrogens is 4. The molecule has 4 N–H and O–H groups in total. The van der Waals surface area contributed by atoms with E-state index in [1.165, 1.54) is 41.4 Å². The molecular weight excluding hydrogens is 510 g/mol. The lowest BCUT2D eigenvalue weighted by Crippen LogP contribution is -2.43. The number of amides is 2. The first-order valence-electron chi connectivity index (χ1n) is 12.3. The van der Waals surface area contributed by atoms with E-state index in [1.807, 2.05) is 0 Å². The smallest absolute Gasteiger partial charge is 0.335 e. The molecule has 0 saturated carbocycles. The number of anilines is 1. The Balaban J connectivity index is 1.46. The highest BCUT2D eigenvalue weighted by Crippen LogP contribution is 2.21. The van der Waals surface area contributed by atoms with Gasteiger partial charge in [0.05, 0.1) is 11.3 Å². The second-order valence-corrected chi connectivity index (χ2v) is 9.43. The van der Waals surface area contributed by atoms with Gasteiger partial charge in [0.2, 0.25) is 11.8 Å². The first kappa shape index (κ1) is 27.0. The molecular formula is C26H28ClN7O4. The number of aromatic carboxylic acids is 1. The predicted octanol–water partition coefficient (Wildman–Crippen LogP) is 2.93. The number of carboxylic acid groups (broad SMARTS) is 1. The molecule has 1 atom stereocenters. The van der Waals surface area contributed by atoms with Crippen molar-refractivity contribution >= 4 is 41.1 Å². The van der Waals surface area contributed by atoms with Crippen molar-refractivity contribution in [1.29, 1.82) is 0 Å². The molecule has 2 heterocycles. The molecule has 0 unspecified atom stereocenters. The molecule has 4 rings (SSSR count). The molecule has 1 aliphatic rings. The van der Waals surface area contributed by atoms with Crippen LogP contribution in [-0.4, -0.2) is 62.2 Å². The Kier molecular flexibility index (Phi) is 9.17. The summed E-state index contributed by atoms with van der Waals surface area (Å²) in [7, 11) is 0.